The lowest BCUT2D eigenvalue weighted by Gasteiger charge is -2.20. The Morgan fingerprint density at radius 3 is 2.22 bits per heavy atom. The number of aryl methyl sites for hydroxylation is 3. The molecular formula is C17H26BrNO3S. The van der Waals surface area contributed by atoms with Crippen molar-refractivity contribution >= 4 is 26.0 Å². The molecule has 2 N–H and O–H groups in total. The molecule has 23 heavy (non-hydrogen) atoms. The van der Waals surface area contributed by atoms with Crippen LogP contribution >= 0.6 is 15.9 Å². The number of aliphatic hydroxyl groups is 1. The van der Waals surface area contributed by atoms with Crippen LogP contribution in [0, 0.1) is 26.7 Å². The smallest absolute Gasteiger partial charge is 0.241 e. The fourth-order valence-corrected chi connectivity index (χ4v) is 4.74. The molecule has 4 nitrogen and oxygen atoms in total. The van der Waals surface area contributed by atoms with Gasteiger partial charge in [0.2, 0.25) is 10.0 Å². The minimum absolute atomic E-state index is 0.154. The summed E-state index contributed by atoms with van der Waals surface area (Å²) in [6, 6.07) is 3.37. The molecule has 0 heterocycles. The quantitative estimate of drug-likeness (QED) is 0.730. The third kappa shape index (κ3) is 6.03. The molecule has 0 saturated heterocycles. The average Bonchev–Trinajstić information content (AvgIpc) is 2.34. The van der Waals surface area contributed by atoms with Crippen molar-refractivity contribution in [3.8, 4) is 0 Å². The van der Waals surface area contributed by atoms with Crippen molar-refractivity contribution in [3.63, 3.8) is 0 Å². The minimum atomic E-state index is -3.63. The summed E-state index contributed by atoms with van der Waals surface area (Å²) in [7, 11) is -3.63. The predicted molar refractivity (Wildman–Crippen MR) is 98.3 cm³/mol. The minimum Gasteiger partial charge on any atom is -0.391 e. The van der Waals surface area contributed by atoms with Crippen LogP contribution in [0.4, 0.5) is 0 Å². The van der Waals surface area contributed by atoms with Crippen molar-refractivity contribution in [1.29, 1.82) is 0 Å². The Balaban J connectivity index is 3.21. The van der Waals surface area contributed by atoms with Crippen LogP contribution in [-0.2, 0) is 10.0 Å². The van der Waals surface area contributed by atoms with E-state index in [1.807, 2.05) is 46.8 Å². The molecule has 0 fully saturated rings. The third-order valence-corrected chi connectivity index (χ3v) is 5.75. The second-order valence-corrected chi connectivity index (χ2v) is 9.03. The maximum Gasteiger partial charge on any atom is 0.241 e. The molecule has 0 amide bonds. The summed E-state index contributed by atoms with van der Waals surface area (Å²) in [5.74, 6) is 0.318. The number of sulfonamides is 1. The van der Waals surface area contributed by atoms with Crippen LogP contribution in [0.5, 0.6) is 0 Å². The third-order valence-electron chi connectivity index (χ3n) is 3.44. The van der Waals surface area contributed by atoms with E-state index < -0.39 is 10.0 Å². The molecular weight excluding hydrogens is 378 g/mol. The molecule has 0 aliphatic carbocycles. The Morgan fingerprint density at radius 2 is 1.78 bits per heavy atom. The van der Waals surface area contributed by atoms with E-state index in [2.05, 4.69) is 20.7 Å². The summed E-state index contributed by atoms with van der Waals surface area (Å²) in [5.41, 5.74) is 2.52. The van der Waals surface area contributed by atoms with Crippen molar-refractivity contribution in [2.24, 2.45) is 5.92 Å². The van der Waals surface area contributed by atoms with Crippen LogP contribution in [0.2, 0.25) is 0 Å². The van der Waals surface area contributed by atoms with Gasteiger partial charge in [-0.3, -0.25) is 0 Å². The van der Waals surface area contributed by atoms with Gasteiger partial charge in [-0.25, -0.2) is 13.1 Å². The summed E-state index contributed by atoms with van der Waals surface area (Å²) in [5, 5.41) is 9.16. The molecule has 1 unspecified atom stereocenters. The van der Waals surface area contributed by atoms with Crippen LogP contribution in [-0.4, -0.2) is 26.2 Å². The van der Waals surface area contributed by atoms with E-state index in [1.165, 1.54) is 0 Å². The molecule has 130 valence electrons. The first-order valence-corrected chi connectivity index (χ1v) is 9.91. The van der Waals surface area contributed by atoms with Crippen molar-refractivity contribution in [2.45, 2.75) is 52.0 Å². The van der Waals surface area contributed by atoms with Crippen molar-refractivity contribution < 1.29 is 13.5 Å². The highest BCUT2D eigenvalue weighted by atomic mass is 79.9. The number of hydrogen-bond acceptors (Lipinski definition) is 3. The van der Waals surface area contributed by atoms with Gasteiger partial charge in [0, 0.05) is 10.5 Å². The molecule has 1 aromatic carbocycles. The summed E-state index contributed by atoms with van der Waals surface area (Å²) in [6.07, 6.45) is 2.37. The van der Waals surface area contributed by atoms with E-state index in [0.29, 0.717) is 21.7 Å². The molecule has 0 spiro atoms. The summed E-state index contributed by atoms with van der Waals surface area (Å²) in [6.45, 7) is 9.48. The highest BCUT2D eigenvalue weighted by molar-refractivity contribution is 9.11. The van der Waals surface area contributed by atoms with Gasteiger partial charge in [-0.15, -0.1) is 0 Å². The highest BCUT2D eigenvalue weighted by Gasteiger charge is 2.23. The molecule has 0 bridgehead atoms. The SMILES string of the molecule is Cc1cc(C)c(S(=O)(=O)NC(/C=C(\Br)CO)CC(C)C)c(C)c1. The van der Waals surface area contributed by atoms with Crippen LogP contribution < -0.4 is 4.72 Å². The van der Waals surface area contributed by atoms with E-state index in [1.54, 1.807) is 6.08 Å². The Kier molecular flexibility index (Phi) is 7.45. The Bertz CT molecular complexity index is 658. The Hall–Kier alpha value is -0.690. The fraction of sp³-hybridized carbons (Fsp3) is 0.529. The topological polar surface area (TPSA) is 66.4 Å². The first kappa shape index (κ1) is 20.4. The summed E-state index contributed by atoms with van der Waals surface area (Å²) in [4.78, 5) is 0.338. The number of halogens is 1. The van der Waals surface area contributed by atoms with Gasteiger partial charge in [0.25, 0.3) is 0 Å². The molecule has 0 saturated carbocycles. The number of aliphatic hydroxyl groups excluding tert-OH is 1. The summed E-state index contributed by atoms with van der Waals surface area (Å²) >= 11 is 3.25. The Labute approximate surface area is 148 Å². The van der Waals surface area contributed by atoms with Gasteiger partial charge in [-0.2, -0.15) is 0 Å². The number of nitrogens with one attached hydrogen (secondary N) is 1. The van der Waals surface area contributed by atoms with E-state index >= 15 is 0 Å². The second kappa shape index (κ2) is 8.42. The molecule has 1 atom stereocenters. The molecule has 1 rings (SSSR count). The molecule has 1 aromatic rings. The first-order chi connectivity index (χ1) is 10.6. The number of benzene rings is 1. The van der Waals surface area contributed by atoms with Crippen LogP contribution in [0.3, 0.4) is 0 Å². The van der Waals surface area contributed by atoms with Crippen LogP contribution in [0.15, 0.2) is 27.6 Å². The fourth-order valence-electron chi connectivity index (χ4n) is 2.78. The van der Waals surface area contributed by atoms with Crippen molar-refractivity contribution in [1.82, 2.24) is 4.72 Å². The van der Waals surface area contributed by atoms with Gasteiger partial charge < -0.3 is 5.11 Å². The number of hydrogen-bond donors (Lipinski definition) is 2. The van der Waals surface area contributed by atoms with Crippen molar-refractivity contribution in [3.05, 3.63) is 39.4 Å². The maximum absolute atomic E-state index is 12.8. The zero-order valence-electron chi connectivity index (χ0n) is 14.4. The highest BCUT2D eigenvalue weighted by Crippen LogP contribution is 2.23. The molecule has 0 aromatic heterocycles. The van der Waals surface area contributed by atoms with Gasteiger partial charge in [0.05, 0.1) is 11.5 Å². The van der Waals surface area contributed by atoms with Crippen LogP contribution in [0.1, 0.15) is 37.0 Å². The lowest BCUT2D eigenvalue weighted by Crippen LogP contribution is -2.35. The standard InChI is InChI=1S/C17H26BrNO3S/c1-11(2)6-16(9-15(18)10-20)19-23(21,22)17-13(4)7-12(3)8-14(17)5/h7-9,11,16,19-20H,6,10H2,1-5H3/b15-9-. The van der Waals surface area contributed by atoms with Gasteiger partial charge in [0.1, 0.15) is 0 Å². The van der Waals surface area contributed by atoms with Gasteiger partial charge in [0.15, 0.2) is 0 Å². The summed E-state index contributed by atoms with van der Waals surface area (Å²) < 4.78 is 29.0. The molecule has 0 aliphatic rings. The lowest BCUT2D eigenvalue weighted by atomic mass is 10.0. The first-order valence-electron chi connectivity index (χ1n) is 7.64. The molecule has 0 aliphatic heterocycles. The van der Waals surface area contributed by atoms with Crippen LogP contribution in [0.25, 0.3) is 0 Å². The Morgan fingerprint density at radius 1 is 1.26 bits per heavy atom. The average molecular weight is 404 g/mol. The predicted octanol–water partition coefficient (Wildman–Crippen LogP) is 3.58. The normalized spacial score (nSPS) is 14.3. The molecule has 0 radical (unpaired) electrons. The lowest BCUT2D eigenvalue weighted by molar-refractivity contribution is 0.339. The van der Waals surface area contributed by atoms with Crippen molar-refractivity contribution in [2.75, 3.05) is 6.61 Å². The van der Waals surface area contributed by atoms with E-state index in [0.717, 1.165) is 16.7 Å². The van der Waals surface area contributed by atoms with E-state index in [4.69, 9.17) is 5.11 Å². The zero-order chi connectivity index (χ0) is 17.8. The van der Waals surface area contributed by atoms with E-state index in [9.17, 15) is 8.42 Å². The zero-order valence-corrected chi connectivity index (χ0v) is 16.8. The molecule has 6 heteroatoms. The monoisotopic (exact) mass is 403 g/mol. The van der Waals surface area contributed by atoms with Gasteiger partial charge >= 0.3 is 0 Å². The van der Waals surface area contributed by atoms with Gasteiger partial charge in [-0.05, 0) is 44.2 Å². The van der Waals surface area contributed by atoms with Gasteiger partial charge in [-0.1, -0.05) is 53.5 Å². The van der Waals surface area contributed by atoms with E-state index in [-0.39, 0.29) is 12.6 Å². The second-order valence-electron chi connectivity index (χ2n) is 6.36. The number of rotatable bonds is 7. The maximum atomic E-state index is 12.8. The largest absolute Gasteiger partial charge is 0.391 e.